The summed E-state index contributed by atoms with van der Waals surface area (Å²) in [4.78, 5) is 22.1. The fourth-order valence-corrected chi connectivity index (χ4v) is 3.28. The molecule has 0 unspecified atom stereocenters. The zero-order valence-electron chi connectivity index (χ0n) is 7.90. The summed E-state index contributed by atoms with van der Waals surface area (Å²) in [7, 11) is 0. The molecule has 0 heterocycles. The fraction of sp³-hybridized carbons (Fsp3) is 0.800. The molecule has 2 aliphatic rings. The molecule has 4 nitrogen and oxygen atoms in total. The average molecular weight is 198 g/mol. The number of carboxylic acids is 2. The highest BCUT2D eigenvalue weighted by atomic mass is 16.4. The van der Waals surface area contributed by atoms with Crippen molar-refractivity contribution in [3.63, 3.8) is 0 Å². The number of fused-ring (bicyclic) bond motifs is 1. The Morgan fingerprint density at radius 1 is 1.14 bits per heavy atom. The maximum Gasteiger partial charge on any atom is 0.309 e. The zero-order chi connectivity index (χ0) is 10.3. The molecule has 3 atom stereocenters. The van der Waals surface area contributed by atoms with Crippen molar-refractivity contribution in [3.05, 3.63) is 0 Å². The molecule has 0 aromatic rings. The summed E-state index contributed by atoms with van der Waals surface area (Å²) >= 11 is 0. The van der Waals surface area contributed by atoms with Crippen molar-refractivity contribution in [2.75, 3.05) is 0 Å². The second-order valence-corrected chi connectivity index (χ2v) is 4.44. The lowest BCUT2D eigenvalue weighted by Gasteiger charge is -2.24. The monoisotopic (exact) mass is 198 g/mol. The van der Waals surface area contributed by atoms with Crippen LogP contribution in [0, 0.1) is 17.3 Å². The molecule has 2 rings (SSSR count). The summed E-state index contributed by atoms with van der Waals surface area (Å²) in [5.74, 6) is -2.16. The Kier molecular flexibility index (Phi) is 2.01. The highest BCUT2D eigenvalue weighted by Gasteiger charge is 2.57. The molecule has 0 aromatic carbocycles. The van der Waals surface area contributed by atoms with Crippen LogP contribution < -0.4 is 0 Å². The molecule has 0 radical (unpaired) electrons. The van der Waals surface area contributed by atoms with E-state index in [0.29, 0.717) is 19.3 Å². The Balaban J connectivity index is 2.28. The first-order chi connectivity index (χ1) is 6.58. The molecular weight excluding hydrogens is 184 g/mol. The predicted molar refractivity (Wildman–Crippen MR) is 47.8 cm³/mol. The number of carbonyl (C=O) groups is 2. The first-order valence-electron chi connectivity index (χ1n) is 5.04. The van der Waals surface area contributed by atoms with Gasteiger partial charge in [-0.3, -0.25) is 9.59 Å². The molecule has 14 heavy (non-hydrogen) atoms. The third-order valence-electron chi connectivity index (χ3n) is 3.98. The predicted octanol–water partition coefficient (Wildman–Crippen LogP) is 1.35. The van der Waals surface area contributed by atoms with Crippen molar-refractivity contribution in [2.45, 2.75) is 32.1 Å². The molecule has 0 aliphatic heterocycles. The smallest absolute Gasteiger partial charge is 0.309 e. The molecule has 2 fully saturated rings. The SMILES string of the molecule is O=C(O)[C@H]1CC[C@]2(C(=O)O)CCC[C@H]12. The highest BCUT2D eigenvalue weighted by Crippen LogP contribution is 2.57. The van der Waals surface area contributed by atoms with E-state index in [1.807, 2.05) is 0 Å². The van der Waals surface area contributed by atoms with Crippen LogP contribution in [0.15, 0.2) is 0 Å². The van der Waals surface area contributed by atoms with E-state index < -0.39 is 23.3 Å². The van der Waals surface area contributed by atoms with Crippen molar-refractivity contribution in [3.8, 4) is 0 Å². The van der Waals surface area contributed by atoms with E-state index in [0.717, 1.165) is 12.8 Å². The normalized spacial score (nSPS) is 40.9. The lowest BCUT2D eigenvalue weighted by Crippen LogP contribution is -2.33. The molecule has 0 spiro atoms. The van der Waals surface area contributed by atoms with Gasteiger partial charge in [0.05, 0.1) is 11.3 Å². The Morgan fingerprint density at radius 2 is 1.86 bits per heavy atom. The van der Waals surface area contributed by atoms with Crippen molar-refractivity contribution < 1.29 is 19.8 Å². The molecule has 2 aliphatic carbocycles. The number of hydrogen-bond donors (Lipinski definition) is 2. The van der Waals surface area contributed by atoms with Gasteiger partial charge in [0, 0.05) is 0 Å². The van der Waals surface area contributed by atoms with Gasteiger partial charge in [-0.15, -0.1) is 0 Å². The molecule has 0 amide bonds. The van der Waals surface area contributed by atoms with Gasteiger partial charge in [-0.25, -0.2) is 0 Å². The van der Waals surface area contributed by atoms with Crippen molar-refractivity contribution >= 4 is 11.9 Å². The van der Waals surface area contributed by atoms with Crippen LogP contribution in [0.4, 0.5) is 0 Å². The van der Waals surface area contributed by atoms with Gasteiger partial charge < -0.3 is 10.2 Å². The summed E-state index contributed by atoms with van der Waals surface area (Å²) in [5.41, 5.74) is -0.705. The maximum absolute atomic E-state index is 11.2. The average Bonchev–Trinajstić information content (AvgIpc) is 2.58. The molecule has 0 saturated heterocycles. The fourth-order valence-electron chi connectivity index (χ4n) is 3.28. The number of hydrogen-bond acceptors (Lipinski definition) is 2. The van der Waals surface area contributed by atoms with Gasteiger partial charge in [-0.05, 0) is 31.6 Å². The molecule has 4 heteroatoms. The molecule has 2 saturated carbocycles. The Bertz CT molecular complexity index is 286. The molecular formula is C10H14O4. The molecule has 0 bridgehead atoms. The first-order valence-corrected chi connectivity index (χ1v) is 5.04. The van der Waals surface area contributed by atoms with Gasteiger partial charge in [-0.2, -0.15) is 0 Å². The minimum absolute atomic E-state index is 0.127. The van der Waals surface area contributed by atoms with Crippen LogP contribution in [0.3, 0.4) is 0 Å². The van der Waals surface area contributed by atoms with Crippen LogP contribution in [0.5, 0.6) is 0 Å². The topological polar surface area (TPSA) is 74.6 Å². The molecule has 78 valence electrons. The van der Waals surface area contributed by atoms with Crippen LogP contribution in [-0.4, -0.2) is 22.2 Å². The summed E-state index contributed by atoms with van der Waals surface area (Å²) < 4.78 is 0. The van der Waals surface area contributed by atoms with E-state index in [4.69, 9.17) is 5.11 Å². The summed E-state index contributed by atoms with van der Waals surface area (Å²) in [5, 5.41) is 18.1. The quantitative estimate of drug-likeness (QED) is 0.702. The maximum atomic E-state index is 11.2. The Morgan fingerprint density at radius 3 is 2.43 bits per heavy atom. The number of carboxylic acid groups (broad SMARTS) is 2. The third kappa shape index (κ3) is 1.06. The lowest BCUT2D eigenvalue weighted by molar-refractivity contribution is -0.152. The van der Waals surface area contributed by atoms with Gasteiger partial charge in [0.1, 0.15) is 0 Å². The number of rotatable bonds is 2. The number of aliphatic carboxylic acids is 2. The van der Waals surface area contributed by atoms with E-state index in [1.165, 1.54) is 0 Å². The minimum Gasteiger partial charge on any atom is -0.481 e. The third-order valence-corrected chi connectivity index (χ3v) is 3.98. The van der Waals surface area contributed by atoms with Gasteiger partial charge in [0.25, 0.3) is 0 Å². The second kappa shape index (κ2) is 2.97. The Labute approximate surface area is 81.9 Å². The van der Waals surface area contributed by atoms with E-state index >= 15 is 0 Å². The van der Waals surface area contributed by atoms with E-state index in [1.54, 1.807) is 0 Å². The molecule has 2 N–H and O–H groups in total. The van der Waals surface area contributed by atoms with Crippen LogP contribution in [-0.2, 0) is 9.59 Å². The van der Waals surface area contributed by atoms with E-state index in [2.05, 4.69) is 0 Å². The van der Waals surface area contributed by atoms with Gasteiger partial charge in [-0.1, -0.05) is 6.42 Å². The second-order valence-electron chi connectivity index (χ2n) is 4.44. The van der Waals surface area contributed by atoms with E-state index in [-0.39, 0.29) is 5.92 Å². The van der Waals surface area contributed by atoms with Crippen LogP contribution >= 0.6 is 0 Å². The van der Waals surface area contributed by atoms with Gasteiger partial charge >= 0.3 is 11.9 Å². The summed E-state index contributed by atoms with van der Waals surface area (Å²) in [6.07, 6.45) is 3.37. The van der Waals surface area contributed by atoms with Crippen molar-refractivity contribution in [1.29, 1.82) is 0 Å². The van der Waals surface area contributed by atoms with Crippen molar-refractivity contribution in [1.82, 2.24) is 0 Å². The van der Waals surface area contributed by atoms with Crippen LogP contribution in [0.2, 0.25) is 0 Å². The lowest BCUT2D eigenvalue weighted by atomic mass is 9.78. The van der Waals surface area contributed by atoms with Crippen LogP contribution in [0.25, 0.3) is 0 Å². The first kappa shape index (κ1) is 9.49. The van der Waals surface area contributed by atoms with Crippen LogP contribution in [0.1, 0.15) is 32.1 Å². The zero-order valence-corrected chi connectivity index (χ0v) is 7.90. The minimum atomic E-state index is -0.819. The Hall–Kier alpha value is -1.06. The summed E-state index contributed by atoms with van der Waals surface area (Å²) in [6.45, 7) is 0. The summed E-state index contributed by atoms with van der Waals surface area (Å²) in [6, 6.07) is 0. The largest absolute Gasteiger partial charge is 0.481 e. The highest BCUT2D eigenvalue weighted by molar-refractivity contribution is 5.79. The molecule has 0 aromatic heterocycles. The van der Waals surface area contributed by atoms with Gasteiger partial charge in [0.15, 0.2) is 0 Å². The van der Waals surface area contributed by atoms with E-state index in [9.17, 15) is 14.7 Å². The van der Waals surface area contributed by atoms with Crippen molar-refractivity contribution in [2.24, 2.45) is 17.3 Å². The van der Waals surface area contributed by atoms with Gasteiger partial charge in [0.2, 0.25) is 0 Å². The standard InChI is InChI=1S/C10H14O4/c11-8(12)6-3-5-10(9(13)14)4-1-2-7(6)10/h6-7H,1-5H2,(H,11,12)(H,13,14)/t6-,7+,10+/m0/s1.